The Morgan fingerprint density at radius 2 is 1.95 bits per heavy atom. The topological polar surface area (TPSA) is 120 Å². The van der Waals surface area contributed by atoms with E-state index >= 15 is 0 Å². The molecule has 2 aromatic heterocycles. The predicted octanol–water partition coefficient (Wildman–Crippen LogP) is 4.44. The van der Waals surface area contributed by atoms with Crippen LogP contribution in [0.5, 0.6) is 0 Å². The van der Waals surface area contributed by atoms with Gasteiger partial charge in [0.25, 0.3) is 0 Å². The zero-order valence-electron chi connectivity index (χ0n) is 21.5. The monoisotopic (exact) mass is 553 g/mol. The number of anilines is 1. The third-order valence-electron chi connectivity index (χ3n) is 6.29. The average Bonchev–Trinajstić information content (AvgIpc) is 3.22. The number of aromatic nitrogens is 3. The summed E-state index contributed by atoms with van der Waals surface area (Å²) in [6.45, 7) is 7.50. The summed E-state index contributed by atoms with van der Waals surface area (Å²) < 4.78 is 75.2. The Kier molecular flexibility index (Phi) is 7.21. The molecule has 1 atom stereocenters. The molecule has 0 spiro atoms. The first-order chi connectivity index (χ1) is 17.6. The number of rotatable bonds is 5. The summed E-state index contributed by atoms with van der Waals surface area (Å²) in [7, 11) is -3.95. The van der Waals surface area contributed by atoms with Crippen molar-refractivity contribution in [3.8, 4) is 11.3 Å². The molecule has 0 amide bonds. The lowest BCUT2D eigenvalue weighted by Gasteiger charge is -2.32. The largest absolute Gasteiger partial charge is 0.460 e. The molecule has 0 bridgehead atoms. The first kappa shape index (κ1) is 27.8. The molecule has 1 unspecified atom stereocenters. The van der Waals surface area contributed by atoms with Gasteiger partial charge in [0.1, 0.15) is 5.60 Å². The molecule has 0 aliphatic carbocycles. The fraction of sp³-hybridized carbons (Fsp3) is 0.480. The van der Waals surface area contributed by atoms with E-state index in [-0.39, 0.29) is 41.1 Å². The molecule has 0 saturated carbocycles. The van der Waals surface area contributed by atoms with Gasteiger partial charge in [-0.25, -0.2) is 18.4 Å². The van der Waals surface area contributed by atoms with Gasteiger partial charge in [0.15, 0.2) is 17.2 Å². The standard InChI is InChI=1S/C25H30F3N5O4S/c1-15-7-8-17(38(35,36)32-9-5-6-16(13-32)10-21(34)37-24(2,3)4)11-18(15)19-12-30-23-22(29)31-20(14-33(19)23)25(26,27)28/h7-8,11-12,14,16H,5-6,9-10,13H2,1-4H3,(H2,29,31). The van der Waals surface area contributed by atoms with Crippen molar-refractivity contribution < 1.29 is 31.1 Å². The highest BCUT2D eigenvalue weighted by atomic mass is 32.2. The summed E-state index contributed by atoms with van der Waals surface area (Å²) in [6.07, 6.45) is -1.20. The number of benzene rings is 1. The fourth-order valence-corrected chi connectivity index (χ4v) is 6.15. The van der Waals surface area contributed by atoms with Crippen molar-refractivity contribution in [2.45, 2.75) is 63.6 Å². The first-order valence-electron chi connectivity index (χ1n) is 12.1. The molecule has 1 aliphatic rings. The van der Waals surface area contributed by atoms with Crippen molar-refractivity contribution in [2.75, 3.05) is 18.8 Å². The second kappa shape index (κ2) is 9.84. The van der Waals surface area contributed by atoms with Crippen LogP contribution in [0, 0.1) is 12.8 Å². The second-order valence-electron chi connectivity index (χ2n) is 10.5. The van der Waals surface area contributed by atoms with Gasteiger partial charge in [0.05, 0.1) is 16.8 Å². The van der Waals surface area contributed by atoms with Gasteiger partial charge in [-0.05, 0) is 64.2 Å². The highest BCUT2D eigenvalue weighted by molar-refractivity contribution is 7.89. The van der Waals surface area contributed by atoms with Gasteiger partial charge in [0, 0.05) is 31.3 Å². The van der Waals surface area contributed by atoms with Crippen LogP contribution < -0.4 is 5.73 Å². The number of nitrogens with zero attached hydrogens (tertiary/aromatic N) is 4. The first-order valence-corrected chi connectivity index (χ1v) is 13.5. The fourth-order valence-electron chi connectivity index (χ4n) is 4.57. The van der Waals surface area contributed by atoms with Crippen LogP contribution in [0.15, 0.2) is 35.5 Å². The minimum Gasteiger partial charge on any atom is -0.460 e. The second-order valence-corrected chi connectivity index (χ2v) is 12.4. The van der Waals surface area contributed by atoms with Crippen LogP contribution in [0.1, 0.15) is 51.3 Å². The normalized spacial score (nSPS) is 17.6. The SMILES string of the molecule is Cc1ccc(S(=O)(=O)N2CCCC(CC(=O)OC(C)(C)C)C2)cc1-c1cnc2c(N)nc(C(F)(F)F)cn12. The van der Waals surface area contributed by atoms with Gasteiger partial charge < -0.3 is 10.5 Å². The van der Waals surface area contributed by atoms with Crippen molar-refractivity contribution in [2.24, 2.45) is 5.92 Å². The van der Waals surface area contributed by atoms with Crippen molar-refractivity contribution in [1.29, 1.82) is 0 Å². The summed E-state index contributed by atoms with van der Waals surface area (Å²) in [5.41, 5.74) is 5.21. The van der Waals surface area contributed by atoms with Crippen molar-refractivity contribution in [3.63, 3.8) is 0 Å². The maximum absolute atomic E-state index is 13.6. The lowest BCUT2D eigenvalue weighted by molar-refractivity contribution is -0.156. The molecule has 38 heavy (non-hydrogen) atoms. The summed E-state index contributed by atoms with van der Waals surface area (Å²) >= 11 is 0. The molecule has 1 aromatic carbocycles. The smallest absolute Gasteiger partial charge is 0.434 e. The van der Waals surface area contributed by atoms with Crippen molar-refractivity contribution in [1.82, 2.24) is 18.7 Å². The Morgan fingerprint density at radius 3 is 2.61 bits per heavy atom. The van der Waals surface area contributed by atoms with E-state index in [1.165, 1.54) is 27.0 Å². The lowest BCUT2D eigenvalue weighted by atomic mass is 9.96. The molecule has 0 radical (unpaired) electrons. The number of imidazole rings is 1. The number of esters is 1. The Hall–Kier alpha value is -3.19. The molecule has 1 fully saturated rings. The molecular formula is C25H30F3N5O4S. The van der Waals surface area contributed by atoms with Gasteiger partial charge >= 0.3 is 12.1 Å². The molecule has 1 aliphatic heterocycles. The quantitative estimate of drug-likeness (QED) is 0.464. The number of hydrogen-bond donors (Lipinski definition) is 1. The van der Waals surface area contributed by atoms with Crippen LogP contribution >= 0.6 is 0 Å². The number of carbonyl (C=O) groups is 1. The number of nitrogen functional groups attached to an aromatic ring is 1. The van der Waals surface area contributed by atoms with Crippen LogP contribution in [-0.4, -0.2) is 51.8 Å². The van der Waals surface area contributed by atoms with E-state index in [0.29, 0.717) is 30.5 Å². The van der Waals surface area contributed by atoms with Crippen molar-refractivity contribution in [3.05, 3.63) is 41.9 Å². The minimum absolute atomic E-state index is 0.0101. The van der Waals surface area contributed by atoms with Gasteiger partial charge in [-0.3, -0.25) is 9.20 Å². The molecule has 3 heterocycles. The van der Waals surface area contributed by atoms with E-state index in [1.54, 1.807) is 33.8 Å². The van der Waals surface area contributed by atoms with Crippen LogP contribution in [-0.2, 0) is 25.7 Å². The number of hydrogen-bond acceptors (Lipinski definition) is 7. The zero-order valence-corrected chi connectivity index (χ0v) is 22.4. The molecular weight excluding hydrogens is 523 g/mol. The van der Waals surface area contributed by atoms with Crippen LogP contribution in [0.25, 0.3) is 16.9 Å². The Labute approximate surface area is 218 Å². The maximum Gasteiger partial charge on any atom is 0.434 e. The molecule has 3 aromatic rings. The average molecular weight is 554 g/mol. The number of piperidine rings is 1. The van der Waals surface area contributed by atoms with Crippen LogP contribution in [0.4, 0.5) is 19.0 Å². The number of carbonyl (C=O) groups excluding carboxylic acids is 1. The third kappa shape index (κ3) is 5.78. The van der Waals surface area contributed by atoms with Gasteiger partial charge in [0.2, 0.25) is 10.0 Å². The molecule has 13 heteroatoms. The van der Waals surface area contributed by atoms with E-state index in [4.69, 9.17) is 10.5 Å². The van der Waals surface area contributed by atoms with Crippen LogP contribution in [0.2, 0.25) is 0 Å². The highest BCUT2D eigenvalue weighted by Crippen LogP contribution is 2.34. The molecule has 2 N–H and O–H groups in total. The Balaban J connectivity index is 1.66. The zero-order chi connectivity index (χ0) is 28.0. The third-order valence-corrected chi connectivity index (χ3v) is 8.15. The number of aryl methyl sites for hydroxylation is 1. The summed E-state index contributed by atoms with van der Waals surface area (Å²) in [5, 5.41) is 0. The van der Waals surface area contributed by atoms with Crippen LogP contribution in [0.3, 0.4) is 0 Å². The Bertz CT molecular complexity index is 1480. The minimum atomic E-state index is -4.73. The number of halogens is 3. The molecule has 9 nitrogen and oxygen atoms in total. The molecule has 4 rings (SSSR count). The van der Waals surface area contributed by atoms with Gasteiger partial charge in [-0.2, -0.15) is 17.5 Å². The van der Waals surface area contributed by atoms with Gasteiger partial charge in [-0.1, -0.05) is 6.07 Å². The number of nitrogens with two attached hydrogens (primary N) is 1. The summed E-state index contributed by atoms with van der Waals surface area (Å²) in [4.78, 5) is 19.8. The van der Waals surface area contributed by atoms with E-state index in [9.17, 15) is 26.4 Å². The number of fused-ring (bicyclic) bond motifs is 1. The summed E-state index contributed by atoms with van der Waals surface area (Å²) in [5.74, 6) is -0.954. The number of ether oxygens (including phenoxy) is 1. The molecule has 1 saturated heterocycles. The van der Waals surface area contributed by atoms with Crippen molar-refractivity contribution >= 4 is 27.5 Å². The van der Waals surface area contributed by atoms with Gasteiger partial charge in [-0.15, -0.1) is 0 Å². The van der Waals surface area contributed by atoms with E-state index in [0.717, 1.165) is 6.20 Å². The van der Waals surface area contributed by atoms with E-state index in [1.807, 2.05) is 0 Å². The maximum atomic E-state index is 13.6. The predicted molar refractivity (Wildman–Crippen MR) is 135 cm³/mol. The van der Waals surface area contributed by atoms with E-state index in [2.05, 4.69) is 9.97 Å². The summed E-state index contributed by atoms with van der Waals surface area (Å²) in [6, 6.07) is 4.49. The number of sulfonamides is 1. The highest BCUT2D eigenvalue weighted by Gasteiger charge is 2.35. The lowest BCUT2D eigenvalue weighted by Crippen LogP contribution is -2.41. The Morgan fingerprint density at radius 1 is 1.24 bits per heavy atom. The van der Waals surface area contributed by atoms with E-state index < -0.39 is 33.3 Å². The molecule has 206 valence electrons. The number of alkyl halides is 3.